The number of carbonyl (C=O) groups excluding carboxylic acids is 1. The van der Waals surface area contributed by atoms with Crippen molar-refractivity contribution in [2.75, 3.05) is 5.73 Å². The summed E-state index contributed by atoms with van der Waals surface area (Å²) in [6, 6.07) is 7.37. The number of rotatable bonds is 3. The van der Waals surface area contributed by atoms with E-state index in [1.807, 2.05) is 39.0 Å². The lowest BCUT2D eigenvalue weighted by molar-refractivity contribution is 0.0939. The molecule has 0 saturated carbocycles. The van der Waals surface area contributed by atoms with Gasteiger partial charge in [0.25, 0.3) is 5.91 Å². The third-order valence-corrected chi connectivity index (χ3v) is 3.41. The number of nitrogens with zero attached hydrogens (tertiary/aromatic N) is 1. The quantitative estimate of drug-likeness (QED) is 0.842. The van der Waals surface area contributed by atoms with Crippen LogP contribution in [0.4, 0.5) is 5.69 Å². The zero-order chi connectivity index (χ0) is 14.7. The smallest absolute Gasteiger partial charge is 0.252 e. The van der Waals surface area contributed by atoms with E-state index in [0.29, 0.717) is 11.3 Å². The summed E-state index contributed by atoms with van der Waals surface area (Å²) in [7, 11) is 0. The van der Waals surface area contributed by atoms with E-state index in [-0.39, 0.29) is 11.9 Å². The molecule has 1 aromatic carbocycles. The Bertz CT molecular complexity index is 623. The van der Waals surface area contributed by atoms with E-state index in [2.05, 4.69) is 10.3 Å². The molecule has 0 aliphatic rings. The van der Waals surface area contributed by atoms with Gasteiger partial charge in [-0.2, -0.15) is 0 Å². The fourth-order valence-electron chi connectivity index (χ4n) is 2.12. The molecule has 0 fully saturated rings. The zero-order valence-electron chi connectivity index (χ0n) is 12.0. The molecular formula is C16H19N3O. The van der Waals surface area contributed by atoms with Crippen molar-refractivity contribution in [3.63, 3.8) is 0 Å². The van der Waals surface area contributed by atoms with Crippen LogP contribution < -0.4 is 11.1 Å². The number of carbonyl (C=O) groups is 1. The lowest BCUT2D eigenvalue weighted by atomic mass is 10.0. The molecule has 0 spiro atoms. The standard InChI is InChI=1S/C16H19N3O/c1-10-8-11(2)15(17)9-14(10)16(20)19-12(3)13-4-6-18-7-5-13/h4-9,12H,17H2,1-3H3,(H,19,20). The van der Waals surface area contributed by atoms with Crippen LogP contribution in [0, 0.1) is 13.8 Å². The second kappa shape index (κ2) is 5.74. The van der Waals surface area contributed by atoms with Crippen LogP contribution in [0.5, 0.6) is 0 Å². The highest BCUT2D eigenvalue weighted by atomic mass is 16.1. The summed E-state index contributed by atoms with van der Waals surface area (Å²) in [5.41, 5.74) is 10.1. The molecule has 20 heavy (non-hydrogen) atoms. The van der Waals surface area contributed by atoms with Gasteiger partial charge in [0.2, 0.25) is 0 Å². The minimum absolute atomic E-state index is 0.0765. The van der Waals surface area contributed by atoms with Crippen LogP contribution >= 0.6 is 0 Å². The molecule has 2 rings (SSSR count). The number of nitrogens with two attached hydrogens (primary N) is 1. The van der Waals surface area contributed by atoms with E-state index in [9.17, 15) is 4.79 Å². The number of nitrogen functional groups attached to an aromatic ring is 1. The molecule has 1 atom stereocenters. The maximum atomic E-state index is 12.3. The van der Waals surface area contributed by atoms with Gasteiger partial charge >= 0.3 is 0 Å². The van der Waals surface area contributed by atoms with E-state index in [4.69, 9.17) is 5.73 Å². The summed E-state index contributed by atoms with van der Waals surface area (Å²) in [6.07, 6.45) is 3.43. The number of pyridine rings is 1. The summed E-state index contributed by atoms with van der Waals surface area (Å²) in [5.74, 6) is -0.112. The number of hydrogen-bond donors (Lipinski definition) is 2. The van der Waals surface area contributed by atoms with Crippen molar-refractivity contribution < 1.29 is 4.79 Å². The Morgan fingerprint density at radius 3 is 2.50 bits per heavy atom. The van der Waals surface area contributed by atoms with Crippen molar-refractivity contribution in [2.24, 2.45) is 0 Å². The van der Waals surface area contributed by atoms with E-state index in [0.717, 1.165) is 16.7 Å². The zero-order valence-corrected chi connectivity index (χ0v) is 12.0. The van der Waals surface area contributed by atoms with E-state index in [1.54, 1.807) is 18.5 Å². The van der Waals surface area contributed by atoms with Crippen molar-refractivity contribution in [1.29, 1.82) is 0 Å². The Hall–Kier alpha value is -2.36. The third kappa shape index (κ3) is 2.96. The SMILES string of the molecule is Cc1cc(C)c(C(=O)NC(C)c2ccncc2)cc1N. The summed E-state index contributed by atoms with van der Waals surface area (Å²) in [4.78, 5) is 16.3. The first-order valence-corrected chi connectivity index (χ1v) is 6.56. The van der Waals surface area contributed by atoms with Crippen LogP contribution in [-0.4, -0.2) is 10.9 Å². The molecule has 1 heterocycles. The topological polar surface area (TPSA) is 68.0 Å². The first kappa shape index (κ1) is 14.1. The Labute approximate surface area is 119 Å². The maximum absolute atomic E-state index is 12.3. The van der Waals surface area contributed by atoms with Gasteiger partial charge < -0.3 is 11.1 Å². The number of anilines is 1. The van der Waals surface area contributed by atoms with Crippen LogP contribution in [0.3, 0.4) is 0 Å². The molecule has 3 N–H and O–H groups in total. The van der Waals surface area contributed by atoms with Gasteiger partial charge in [0.15, 0.2) is 0 Å². The normalized spacial score (nSPS) is 11.9. The monoisotopic (exact) mass is 269 g/mol. The van der Waals surface area contributed by atoms with E-state index >= 15 is 0 Å². The average molecular weight is 269 g/mol. The highest BCUT2D eigenvalue weighted by Gasteiger charge is 2.14. The van der Waals surface area contributed by atoms with Gasteiger partial charge in [-0.15, -0.1) is 0 Å². The molecule has 4 heteroatoms. The van der Waals surface area contributed by atoms with Gasteiger partial charge in [-0.05, 0) is 55.7 Å². The molecule has 104 valence electrons. The number of amides is 1. The second-order valence-electron chi connectivity index (χ2n) is 5.00. The molecule has 0 saturated heterocycles. The van der Waals surface area contributed by atoms with Crippen molar-refractivity contribution >= 4 is 11.6 Å². The molecule has 1 aromatic heterocycles. The fraction of sp³-hybridized carbons (Fsp3) is 0.250. The van der Waals surface area contributed by atoms with Crippen molar-refractivity contribution in [3.05, 3.63) is 58.9 Å². The molecule has 0 radical (unpaired) electrons. The number of aryl methyl sites for hydroxylation is 2. The molecular weight excluding hydrogens is 250 g/mol. The van der Waals surface area contributed by atoms with Crippen LogP contribution in [0.15, 0.2) is 36.7 Å². The van der Waals surface area contributed by atoms with Crippen LogP contribution in [-0.2, 0) is 0 Å². The van der Waals surface area contributed by atoms with Gasteiger partial charge in [0.05, 0.1) is 6.04 Å². The molecule has 4 nitrogen and oxygen atoms in total. The number of hydrogen-bond acceptors (Lipinski definition) is 3. The molecule has 0 aliphatic heterocycles. The van der Waals surface area contributed by atoms with Crippen molar-refractivity contribution in [2.45, 2.75) is 26.8 Å². The first-order chi connectivity index (χ1) is 9.49. The van der Waals surface area contributed by atoms with Gasteiger partial charge in [0.1, 0.15) is 0 Å². The van der Waals surface area contributed by atoms with Gasteiger partial charge in [-0.3, -0.25) is 9.78 Å². The Morgan fingerprint density at radius 2 is 1.85 bits per heavy atom. The van der Waals surface area contributed by atoms with Crippen LogP contribution in [0.1, 0.15) is 40.0 Å². The molecule has 0 aliphatic carbocycles. The Kier molecular flexibility index (Phi) is 4.03. The van der Waals surface area contributed by atoms with Crippen LogP contribution in [0.25, 0.3) is 0 Å². The van der Waals surface area contributed by atoms with Gasteiger partial charge in [-0.1, -0.05) is 6.07 Å². The number of nitrogens with one attached hydrogen (secondary N) is 1. The fourth-order valence-corrected chi connectivity index (χ4v) is 2.12. The predicted octanol–water partition coefficient (Wildman–Crippen LogP) is 2.77. The molecule has 1 amide bonds. The molecule has 2 aromatic rings. The minimum Gasteiger partial charge on any atom is -0.398 e. The van der Waals surface area contributed by atoms with Gasteiger partial charge in [-0.25, -0.2) is 0 Å². The minimum atomic E-state index is -0.112. The maximum Gasteiger partial charge on any atom is 0.252 e. The lowest BCUT2D eigenvalue weighted by Crippen LogP contribution is -2.27. The van der Waals surface area contributed by atoms with Crippen molar-refractivity contribution in [1.82, 2.24) is 10.3 Å². The second-order valence-corrected chi connectivity index (χ2v) is 5.00. The average Bonchev–Trinajstić information content (AvgIpc) is 2.43. The molecule has 1 unspecified atom stereocenters. The summed E-state index contributed by atoms with van der Waals surface area (Å²) in [5, 5.41) is 2.98. The number of aromatic nitrogens is 1. The summed E-state index contributed by atoms with van der Waals surface area (Å²) in [6.45, 7) is 5.79. The largest absolute Gasteiger partial charge is 0.398 e. The predicted molar refractivity (Wildman–Crippen MR) is 80.4 cm³/mol. The van der Waals surface area contributed by atoms with Gasteiger partial charge in [0, 0.05) is 23.6 Å². The highest BCUT2D eigenvalue weighted by molar-refractivity contribution is 5.97. The Morgan fingerprint density at radius 1 is 1.20 bits per heavy atom. The third-order valence-electron chi connectivity index (χ3n) is 3.41. The lowest BCUT2D eigenvalue weighted by Gasteiger charge is -2.16. The highest BCUT2D eigenvalue weighted by Crippen LogP contribution is 2.19. The molecule has 0 bridgehead atoms. The summed E-state index contributed by atoms with van der Waals surface area (Å²) >= 11 is 0. The number of benzene rings is 1. The Balaban J connectivity index is 2.19. The van der Waals surface area contributed by atoms with E-state index in [1.165, 1.54) is 0 Å². The van der Waals surface area contributed by atoms with Crippen LogP contribution in [0.2, 0.25) is 0 Å². The van der Waals surface area contributed by atoms with Crippen molar-refractivity contribution in [3.8, 4) is 0 Å². The summed E-state index contributed by atoms with van der Waals surface area (Å²) < 4.78 is 0. The van der Waals surface area contributed by atoms with E-state index < -0.39 is 0 Å². The first-order valence-electron chi connectivity index (χ1n) is 6.56.